The van der Waals surface area contributed by atoms with Gasteiger partial charge >= 0.3 is 0 Å². The Bertz CT molecular complexity index is 391. The van der Waals surface area contributed by atoms with Crippen molar-refractivity contribution in [1.29, 1.82) is 0 Å². The summed E-state index contributed by atoms with van der Waals surface area (Å²) in [5, 5.41) is 0.524. The second kappa shape index (κ2) is 5.56. The number of hydrogen-bond donors (Lipinski definition) is 1. The van der Waals surface area contributed by atoms with E-state index in [0.29, 0.717) is 5.25 Å². The number of carbonyl (C=O) groups is 1. The first-order valence-electron chi connectivity index (χ1n) is 5.88. The second-order valence-electron chi connectivity index (χ2n) is 4.28. The van der Waals surface area contributed by atoms with E-state index in [-0.39, 0.29) is 5.78 Å². The Balaban J connectivity index is 2.08. The molecule has 0 saturated carbocycles. The molecule has 4 heteroatoms. The van der Waals surface area contributed by atoms with Crippen molar-refractivity contribution in [1.82, 2.24) is 0 Å². The van der Waals surface area contributed by atoms with Crippen molar-refractivity contribution in [3.8, 4) is 0 Å². The van der Waals surface area contributed by atoms with Crippen LogP contribution in [0.2, 0.25) is 0 Å². The third kappa shape index (κ3) is 3.01. The highest BCUT2D eigenvalue weighted by molar-refractivity contribution is 8.00. The van der Waals surface area contributed by atoms with Crippen LogP contribution in [0, 0.1) is 0 Å². The van der Waals surface area contributed by atoms with Crippen molar-refractivity contribution in [2.24, 2.45) is 5.73 Å². The largest absolute Gasteiger partial charge is 0.370 e. The Kier molecular flexibility index (Phi) is 4.07. The molecular formula is C13H18N2OS. The maximum Gasteiger partial charge on any atom is 0.159 e. The molecule has 1 saturated heterocycles. The molecule has 0 radical (unpaired) electrons. The van der Waals surface area contributed by atoms with Crippen LogP contribution in [0.3, 0.4) is 0 Å². The van der Waals surface area contributed by atoms with E-state index in [2.05, 4.69) is 4.90 Å². The van der Waals surface area contributed by atoms with Crippen molar-refractivity contribution in [2.75, 3.05) is 30.3 Å². The standard InChI is InChI=1S/C13H18N2OS/c1-10(16)11-2-4-12(5-3-11)15-6-7-17-13(8-14)9-15/h2-5,13H,6-9,14H2,1H3. The summed E-state index contributed by atoms with van der Waals surface area (Å²) in [5.41, 5.74) is 7.68. The van der Waals surface area contributed by atoms with Gasteiger partial charge in [0.1, 0.15) is 0 Å². The summed E-state index contributed by atoms with van der Waals surface area (Å²) in [6, 6.07) is 7.86. The summed E-state index contributed by atoms with van der Waals surface area (Å²) in [6.07, 6.45) is 0. The minimum Gasteiger partial charge on any atom is -0.370 e. The first-order chi connectivity index (χ1) is 8.20. The summed E-state index contributed by atoms with van der Waals surface area (Å²) < 4.78 is 0. The maximum atomic E-state index is 11.2. The highest BCUT2D eigenvalue weighted by Gasteiger charge is 2.19. The number of Topliss-reactive ketones (excluding diaryl/α,β-unsaturated/α-hetero) is 1. The Labute approximate surface area is 106 Å². The van der Waals surface area contributed by atoms with Crippen LogP contribution >= 0.6 is 11.8 Å². The van der Waals surface area contributed by atoms with Crippen LogP contribution in [0.15, 0.2) is 24.3 Å². The summed E-state index contributed by atoms with van der Waals surface area (Å²) in [6.45, 7) is 4.38. The monoisotopic (exact) mass is 250 g/mol. The van der Waals surface area contributed by atoms with E-state index >= 15 is 0 Å². The van der Waals surface area contributed by atoms with Gasteiger partial charge in [0.2, 0.25) is 0 Å². The van der Waals surface area contributed by atoms with Gasteiger partial charge in [-0.2, -0.15) is 11.8 Å². The van der Waals surface area contributed by atoms with E-state index < -0.39 is 0 Å². The van der Waals surface area contributed by atoms with Gasteiger partial charge in [-0.25, -0.2) is 0 Å². The second-order valence-corrected chi connectivity index (χ2v) is 5.69. The fraction of sp³-hybridized carbons (Fsp3) is 0.462. The fourth-order valence-electron chi connectivity index (χ4n) is 2.00. The van der Waals surface area contributed by atoms with E-state index in [0.717, 1.165) is 31.0 Å². The molecule has 3 nitrogen and oxygen atoms in total. The Morgan fingerprint density at radius 3 is 2.76 bits per heavy atom. The van der Waals surface area contributed by atoms with Crippen LogP contribution < -0.4 is 10.6 Å². The quantitative estimate of drug-likeness (QED) is 0.831. The summed E-state index contributed by atoms with van der Waals surface area (Å²) in [7, 11) is 0. The van der Waals surface area contributed by atoms with Crippen LogP contribution in [0.4, 0.5) is 5.69 Å². The van der Waals surface area contributed by atoms with Crippen molar-refractivity contribution >= 4 is 23.2 Å². The predicted octanol–water partition coefficient (Wildman–Crippen LogP) is 1.77. The molecule has 2 N–H and O–H groups in total. The number of thioether (sulfide) groups is 1. The predicted molar refractivity (Wildman–Crippen MR) is 74.0 cm³/mol. The number of rotatable bonds is 3. The third-order valence-electron chi connectivity index (χ3n) is 3.04. The van der Waals surface area contributed by atoms with Crippen molar-refractivity contribution in [2.45, 2.75) is 12.2 Å². The van der Waals surface area contributed by atoms with Gasteiger partial charge in [-0.3, -0.25) is 4.79 Å². The van der Waals surface area contributed by atoms with Gasteiger partial charge in [-0.15, -0.1) is 0 Å². The van der Waals surface area contributed by atoms with E-state index in [1.807, 2.05) is 36.0 Å². The summed E-state index contributed by atoms with van der Waals surface area (Å²) in [4.78, 5) is 13.5. The lowest BCUT2D eigenvalue weighted by Gasteiger charge is -2.33. The van der Waals surface area contributed by atoms with Crippen LogP contribution in [-0.2, 0) is 0 Å². The molecular weight excluding hydrogens is 232 g/mol. The molecule has 1 heterocycles. The van der Waals surface area contributed by atoms with E-state index in [1.54, 1.807) is 6.92 Å². The molecule has 1 atom stereocenters. The molecule has 0 aliphatic carbocycles. The molecule has 1 aliphatic heterocycles. The molecule has 0 amide bonds. The molecule has 0 aromatic heterocycles. The average molecular weight is 250 g/mol. The molecule has 1 aromatic carbocycles. The van der Waals surface area contributed by atoms with Crippen LogP contribution in [0.5, 0.6) is 0 Å². The highest BCUT2D eigenvalue weighted by Crippen LogP contribution is 2.23. The molecule has 0 spiro atoms. The molecule has 17 heavy (non-hydrogen) atoms. The number of hydrogen-bond acceptors (Lipinski definition) is 4. The summed E-state index contributed by atoms with van der Waals surface area (Å²) >= 11 is 1.95. The first-order valence-corrected chi connectivity index (χ1v) is 6.93. The number of anilines is 1. The van der Waals surface area contributed by atoms with Gasteiger partial charge in [0, 0.05) is 41.9 Å². The minimum absolute atomic E-state index is 0.116. The normalized spacial score (nSPS) is 20.4. The number of benzene rings is 1. The fourth-order valence-corrected chi connectivity index (χ4v) is 3.08. The van der Waals surface area contributed by atoms with Gasteiger partial charge in [-0.1, -0.05) is 0 Å². The van der Waals surface area contributed by atoms with Gasteiger partial charge in [0.25, 0.3) is 0 Å². The SMILES string of the molecule is CC(=O)c1ccc(N2CCSC(CN)C2)cc1. The van der Waals surface area contributed by atoms with Crippen molar-refractivity contribution in [3.63, 3.8) is 0 Å². The van der Waals surface area contributed by atoms with Gasteiger partial charge in [0.15, 0.2) is 5.78 Å². The molecule has 1 aliphatic rings. The number of nitrogens with zero attached hydrogens (tertiary/aromatic N) is 1. The Morgan fingerprint density at radius 1 is 1.47 bits per heavy atom. The lowest BCUT2D eigenvalue weighted by atomic mass is 10.1. The zero-order valence-corrected chi connectivity index (χ0v) is 10.9. The van der Waals surface area contributed by atoms with Crippen molar-refractivity contribution in [3.05, 3.63) is 29.8 Å². The zero-order chi connectivity index (χ0) is 12.3. The number of ketones is 1. The molecule has 0 bridgehead atoms. The van der Waals surface area contributed by atoms with E-state index in [4.69, 9.17) is 5.73 Å². The van der Waals surface area contributed by atoms with E-state index in [1.165, 1.54) is 5.69 Å². The number of carbonyl (C=O) groups excluding carboxylic acids is 1. The Hall–Kier alpha value is -1.00. The topological polar surface area (TPSA) is 46.3 Å². The lowest BCUT2D eigenvalue weighted by Crippen LogP contribution is -2.41. The molecule has 2 rings (SSSR count). The smallest absolute Gasteiger partial charge is 0.159 e. The van der Waals surface area contributed by atoms with Gasteiger partial charge < -0.3 is 10.6 Å². The van der Waals surface area contributed by atoms with Crippen molar-refractivity contribution < 1.29 is 4.79 Å². The number of nitrogens with two attached hydrogens (primary N) is 1. The van der Waals surface area contributed by atoms with Crippen LogP contribution in [0.1, 0.15) is 17.3 Å². The lowest BCUT2D eigenvalue weighted by molar-refractivity contribution is 0.101. The van der Waals surface area contributed by atoms with Crippen LogP contribution in [0.25, 0.3) is 0 Å². The molecule has 1 fully saturated rings. The minimum atomic E-state index is 0.116. The van der Waals surface area contributed by atoms with Gasteiger partial charge in [-0.05, 0) is 31.2 Å². The highest BCUT2D eigenvalue weighted by atomic mass is 32.2. The zero-order valence-electron chi connectivity index (χ0n) is 10.1. The third-order valence-corrected chi connectivity index (χ3v) is 4.27. The summed E-state index contributed by atoms with van der Waals surface area (Å²) in [5.74, 6) is 1.24. The Morgan fingerprint density at radius 2 is 2.18 bits per heavy atom. The first kappa shape index (κ1) is 12.5. The van der Waals surface area contributed by atoms with Gasteiger partial charge in [0.05, 0.1) is 0 Å². The molecule has 1 aromatic rings. The van der Waals surface area contributed by atoms with E-state index in [9.17, 15) is 4.79 Å². The average Bonchev–Trinajstić information content (AvgIpc) is 2.39. The van der Waals surface area contributed by atoms with Crippen LogP contribution in [-0.4, -0.2) is 36.4 Å². The molecule has 1 unspecified atom stereocenters. The maximum absolute atomic E-state index is 11.2. The molecule has 92 valence electrons.